The third-order valence-corrected chi connectivity index (χ3v) is 4.57. The van der Waals surface area contributed by atoms with Crippen molar-refractivity contribution in [2.24, 2.45) is 0 Å². The molecule has 0 saturated carbocycles. The molecule has 0 saturated heterocycles. The number of rotatable bonds is 10. The maximum absolute atomic E-state index is 12.3. The van der Waals surface area contributed by atoms with Gasteiger partial charge in [-0.3, -0.25) is 19.8 Å². The van der Waals surface area contributed by atoms with E-state index >= 15 is 0 Å². The van der Waals surface area contributed by atoms with Gasteiger partial charge < -0.3 is 10.6 Å². The van der Waals surface area contributed by atoms with Gasteiger partial charge in [0.05, 0.1) is 4.92 Å². The Morgan fingerprint density at radius 3 is 2.39 bits per heavy atom. The van der Waals surface area contributed by atoms with E-state index < -0.39 is 4.92 Å². The van der Waals surface area contributed by atoms with Crippen LogP contribution < -0.4 is 10.6 Å². The van der Waals surface area contributed by atoms with Gasteiger partial charge in [-0.15, -0.1) is 0 Å². The zero-order valence-electron chi connectivity index (χ0n) is 16.6. The predicted molar refractivity (Wildman–Crippen MR) is 112 cm³/mol. The van der Waals surface area contributed by atoms with E-state index in [1.807, 2.05) is 24.3 Å². The minimum atomic E-state index is -0.429. The van der Waals surface area contributed by atoms with Gasteiger partial charge in [-0.05, 0) is 44.2 Å². The molecule has 0 fully saturated rings. The summed E-state index contributed by atoms with van der Waals surface area (Å²) in [6.45, 7) is 9.08. The molecule has 0 heterocycles. The van der Waals surface area contributed by atoms with Crippen LogP contribution in [0.1, 0.15) is 36.7 Å². The van der Waals surface area contributed by atoms with Crippen molar-refractivity contribution >= 4 is 17.3 Å². The molecule has 0 aliphatic carbocycles. The summed E-state index contributed by atoms with van der Waals surface area (Å²) < 4.78 is 0. The van der Waals surface area contributed by atoms with Gasteiger partial charge in [-0.1, -0.05) is 31.2 Å². The molecule has 2 rings (SSSR count). The smallest absolute Gasteiger partial charge is 0.292 e. The third kappa shape index (κ3) is 6.06. The second-order valence-corrected chi connectivity index (χ2v) is 6.81. The Balaban J connectivity index is 1.83. The van der Waals surface area contributed by atoms with Crippen LogP contribution in [0.5, 0.6) is 0 Å². The molecule has 0 aliphatic rings. The monoisotopic (exact) mass is 384 g/mol. The average Bonchev–Trinajstić information content (AvgIpc) is 2.69. The quantitative estimate of drug-likeness (QED) is 0.371. The Kier molecular flexibility index (Phi) is 7.95. The van der Waals surface area contributed by atoms with E-state index in [0.717, 1.165) is 13.1 Å². The molecule has 7 nitrogen and oxygen atoms in total. The van der Waals surface area contributed by atoms with Crippen LogP contribution >= 0.6 is 0 Å². The Labute approximate surface area is 165 Å². The first-order chi connectivity index (χ1) is 13.4. The Bertz CT molecular complexity index is 790. The first-order valence-corrected chi connectivity index (χ1v) is 9.50. The van der Waals surface area contributed by atoms with Gasteiger partial charge in [0.1, 0.15) is 5.69 Å². The van der Waals surface area contributed by atoms with Crippen LogP contribution in [0, 0.1) is 10.1 Å². The fraction of sp³-hybridized carbons (Fsp3) is 0.381. The summed E-state index contributed by atoms with van der Waals surface area (Å²) in [5.41, 5.74) is 2.23. The lowest BCUT2D eigenvalue weighted by Crippen LogP contribution is -2.30. The van der Waals surface area contributed by atoms with E-state index in [0.29, 0.717) is 30.4 Å². The van der Waals surface area contributed by atoms with Crippen LogP contribution in [0.3, 0.4) is 0 Å². The van der Waals surface area contributed by atoms with Crippen molar-refractivity contribution in [3.63, 3.8) is 0 Å². The lowest BCUT2D eigenvalue weighted by molar-refractivity contribution is -0.384. The fourth-order valence-electron chi connectivity index (χ4n) is 2.91. The van der Waals surface area contributed by atoms with Gasteiger partial charge in [0.25, 0.3) is 11.6 Å². The summed E-state index contributed by atoms with van der Waals surface area (Å²) in [5.74, 6) is -0.160. The highest BCUT2D eigenvalue weighted by molar-refractivity contribution is 5.94. The number of carbonyl (C=O) groups is 1. The molecule has 150 valence electrons. The van der Waals surface area contributed by atoms with Crippen molar-refractivity contribution in [1.29, 1.82) is 0 Å². The molecule has 0 spiro atoms. The van der Waals surface area contributed by atoms with Crippen molar-refractivity contribution in [1.82, 2.24) is 10.2 Å². The van der Waals surface area contributed by atoms with Gasteiger partial charge >= 0.3 is 0 Å². The van der Waals surface area contributed by atoms with Crippen molar-refractivity contribution < 1.29 is 9.72 Å². The molecule has 0 atom stereocenters. The second-order valence-electron chi connectivity index (χ2n) is 6.81. The molecule has 0 aliphatic heterocycles. The van der Waals surface area contributed by atoms with Gasteiger partial charge in [-0.2, -0.15) is 0 Å². The fourth-order valence-corrected chi connectivity index (χ4v) is 2.91. The molecule has 28 heavy (non-hydrogen) atoms. The molecule has 7 heteroatoms. The number of carbonyl (C=O) groups excluding carboxylic acids is 1. The maximum Gasteiger partial charge on any atom is 0.292 e. The topological polar surface area (TPSA) is 87.5 Å². The van der Waals surface area contributed by atoms with Crippen LogP contribution in [0.15, 0.2) is 48.5 Å². The lowest BCUT2D eigenvalue weighted by atomic mass is 10.1. The van der Waals surface area contributed by atoms with E-state index in [4.69, 9.17) is 0 Å². The second kappa shape index (κ2) is 10.4. The number of hydrogen-bond acceptors (Lipinski definition) is 5. The van der Waals surface area contributed by atoms with Crippen molar-refractivity contribution in [3.8, 4) is 0 Å². The van der Waals surface area contributed by atoms with Crippen LogP contribution in [-0.4, -0.2) is 41.4 Å². The number of para-hydroxylation sites is 2. The SMILES string of the molecule is CCN(Cc1ccc(C(=O)NCCNc2ccccc2[N+](=O)[O-])cc1)C(C)C. The Morgan fingerprint density at radius 1 is 1.11 bits per heavy atom. The van der Waals surface area contributed by atoms with E-state index in [1.54, 1.807) is 18.2 Å². The molecule has 2 aromatic rings. The van der Waals surface area contributed by atoms with Crippen molar-refractivity contribution in [2.75, 3.05) is 25.0 Å². The maximum atomic E-state index is 12.3. The van der Waals surface area contributed by atoms with E-state index in [2.05, 4.69) is 36.3 Å². The summed E-state index contributed by atoms with van der Waals surface area (Å²) in [6, 6.07) is 14.5. The summed E-state index contributed by atoms with van der Waals surface area (Å²) >= 11 is 0. The molecule has 2 aromatic carbocycles. The third-order valence-electron chi connectivity index (χ3n) is 4.57. The first-order valence-electron chi connectivity index (χ1n) is 9.50. The number of nitrogens with zero attached hydrogens (tertiary/aromatic N) is 2. The van der Waals surface area contributed by atoms with E-state index in [1.165, 1.54) is 11.6 Å². The van der Waals surface area contributed by atoms with E-state index in [9.17, 15) is 14.9 Å². The highest BCUT2D eigenvalue weighted by atomic mass is 16.6. The predicted octanol–water partition coefficient (Wildman–Crippen LogP) is 3.67. The number of nitro benzene ring substituents is 1. The number of amides is 1. The molecule has 0 unspecified atom stereocenters. The van der Waals surface area contributed by atoms with Crippen LogP contribution in [0.4, 0.5) is 11.4 Å². The lowest BCUT2D eigenvalue weighted by Gasteiger charge is -2.24. The van der Waals surface area contributed by atoms with Gasteiger partial charge in [0, 0.05) is 37.3 Å². The summed E-state index contributed by atoms with van der Waals surface area (Å²) in [5, 5.41) is 16.8. The number of nitrogens with one attached hydrogen (secondary N) is 2. The summed E-state index contributed by atoms with van der Waals surface area (Å²) in [7, 11) is 0. The van der Waals surface area contributed by atoms with E-state index in [-0.39, 0.29) is 11.6 Å². The summed E-state index contributed by atoms with van der Waals surface area (Å²) in [4.78, 5) is 25.2. The minimum absolute atomic E-state index is 0.0203. The largest absolute Gasteiger partial charge is 0.378 e. The standard InChI is InChI=1S/C21H28N4O3/c1-4-24(16(2)3)15-17-9-11-18(12-10-17)21(26)23-14-13-22-19-7-5-6-8-20(19)25(27)28/h5-12,16,22H,4,13-15H2,1-3H3,(H,23,26). The van der Waals surface area contributed by atoms with Gasteiger partial charge in [0.15, 0.2) is 0 Å². The zero-order chi connectivity index (χ0) is 20.5. The number of benzene rings is 2. The Hall–Kier alpha value is -2.93. The van der Waals surface area contributed by atoms with Crippen LogP contribution in [0.2, 0.25) is 0 Å². The number of nitro groups is 1. The molecule has 0 aromatic heterocycles. The number of hydrogen-bond donors (Lipinski definition) is 2. The van der Waals surface area contributed by atoms with Crippen molar-refractivity contribution in [2.45, 2.75) is 33.4 Å². The van der Waals surface area contributed by atoms with Crippen molar-refractivity contribution in [3.05, 3.63) is 69.8 Å². The molecular weight excluding hydrogens is 356 g/mol. The highest BCUT2D eigenvalue weighted by Gasteiger charge is 2.12. The summed E-state index contributed by atoms with van der Waals surface area (Å²) in [6.07, 6.45) is 0. The average molecular weight is 384 g/mol. The molecule has 0 bridgehead atoms. The first kappa shape index (κ1) is 21.4. The zero-order valence-corrected chi connectivity index (χ0v) is 16.6. The minimum Gasteiger partial charge on any atom is -0.378 e. The van der Waals surface area contributed by atoms with Gasteiger partial charge in [-0.25, -0.2) is 0 Å². The molecule has 0 radical (unpaired) electrons. The Morgan fingerprint density at radius 2 is 1.79 bits per heavy atom. The molecule has 2 N–H and O–H groups in total. The molecular formula is C21H28N4O3. The van der Waals surface area contributed by atoms with Crippen LogP contribution in [0.25, 0.3) is 0 Å². The normalized spacial score (nSPS) is 10.9. The highest BCUT2D eigenvalue weighted by Crippen LogP contribution is 2.22. The van der Waals surface area contributed by atoms with Gasteiger partial charge in [0.2, 0.25) is 0 Å². The number of anilines is 1. The molecule has 1 amide bonds. The van der Waals surface area contributed by atoms with Crippen LogP contribution in [-0.2, 0) is 6.54 Å².